The van der Waals surface area contributed by atoms with Gasteiger partial charge in [0.1, 0.15) is 6.10 Å². The Kier molecular flexibility index (Phi) is 2.98. The second-order valence-electron chi connectivity index (χ2n) is 6.47. The summed E-state index contributed by atoms with van der Waals surface area (Å²) in [5.41, 5.74) is 0.585. The molecule has 106 valence electrons. The first kappa shape index (κ1) is 13.1. The van der Waals surface area contributed by atoms with Crippen molar-refractivity contribution in [1.82, 2.24) is 0 Å². The Morgan fingerprint density at radius 2 is 2.21 bits per heavy atom. The Bertz CT molecular complexity index is 430. The zero-order valence-electron chi connectivity index (χ0n) is 11.8. The first-order chi connectivity index (χ1) is 8.90. The lowest BCUT2D eigenvalue weighted by molar-refractivity contribution is -0.142. The summed E-state index contributed by atoms with van der Waals surface area (Å²) >= 11 is 0. The molecule has 1 N–H and O–H groups in total. The topological polar surface area (TPSA) is 55.8 Å². The van der Waals surface area contributed by atoms with Gasteiger partial charge in [-0.1, -0.05) is 6.92 Å². The number of rotatable bonds is 0. The van der Waals surface area contributed by atoms with E-state index in [0.29, 0.717) is 6.42 Å². The SMILES string of the molecule is CC1=C[C@H]2OC(=O)[C@H](C)[C@H]2CC[C@]2(C)O[C@H]1C[C@H]2O. The molecule has 0 radical (unpaired) electrons. The van der Waals surface area contributed by atoms with E-state index in [9.17, 15) is 9.90 Å². The van der Waals surface area contributed by atoms with E-state index < -0.39 is 11.7 Å². The van der Waals surface area contributed by atoms with Gasteiger partial charge in [0.2, 0.25) is 0 Å². The van der Waals surface area contributed by atoms with Gasteiger partial charge in [-0.3, -0.25) is 4.79 Å². The first-order valence-electron chi connectivity index (χ1n) is 7.15. The summed E-state index contributed by atoms with van der Waals surface area (Å²) in [7, 11) is 0. The highest BCUT2D eigenvalue weighted by Gasteiger charge is 2.49. The molecule has 0 amide bonds. The Morgan fingerprint density at radius 1 is 1.47 bits per heavy atom. The number of esters is 1. The average molecular weight is 266 g/mol. The molecule has 3 aliphatic rings. The number of hydrogen-bond donors (Lipinski definition) is 1. The highest BCUT2D eigenvalue weighted by molar-refractivity contribution is 5.75. The van der Waals surface area contributed by atoms with Crippen molar-refractivity contribution in [2.75, 3.05) is 0 Å². The molecule has 19 heavy (non-hydrogen) atoms. The summed E-state index contributed by atoms with van der Waals surface area (Å²) in [6, 6.07) is 0. The second-order valence-corrected chi connectivity index (χ2v) is 6.47. The summed E-state index contributed by atoms with van der Waals surface area (Å²) in [5, 5.41) is 10.2. The molecule has 0 aromatic rings. The van der Waals surface area contributed by atoms with Gasteiger partial charge >= 0.3 is 5.97 Å². The maximum absolute atomic E-state index is 11.7. The lowest BCUT2D eigenvalue weighted by Crippen LogP contribution is -2.37. The number of aliphatic hydroxyl groups excluding tert-OH is 1. The molecule has 6 atom stereocenters. The summed E-state index contributed by atoms with van der Waals surface area (Å²) in [6.07, 6.45) is 3.70. The third kappa shape index (κ3) is 2.01. The van der Waals surface area contributed by atoms with E-state index in [-0.39, 0.29) is 30.0 Å². The van der Waals surface area contributed by atoms with Crippen molar-refractivity contribution in [1.29, 1.82) is 0 Å². The molecular formula is C15H22O4. The van der Waals surface area contributed by atoms with Crippen molar-refractivity contribution in [3.63, 3.8) is 0 Å². The third-order valence-corrected chi connectivity index (χ3v) is 5.15. The molecule has 4 nitrogen and oxygen atoms in total. The van der Waals surface area contributed by atoms with Gasteiger partial charge in [-0.15, -0.1) is 0 Å². The van der Waals surface area contributed by atoms with Gasteiger partial charge < -0.3 is 14.6 Å². The van der Waals surface area contributed by atoms with Gasteiger partial charge in [-0.05, 0) is 38.3 Å². The van der Waals surface area contributed by atoms with Crippen LogP contribution in [-0.4, -0.2) is 35.0 Å². The van der Waals surface area contributed by atoms with Gasteiger partial charge in [0, 0.05) is 12.3 Å². The molecule has 0 spiro atoms. The molecule has 3 rings (SSSR count). The van der Waals surface area contributed by atoms with E-state index in [1.54, 1.807) is 0 Å². The number of aliphatic hydroxyl groups is 1. The lowest BCUT2D eigenvalue weighted by atomic mass is 9.81. The summed E-state index contributed by atoms with van der Waals surface area (Å²) in [6.45, 7) is 5.92. The van der Waals surface area contributed by atoms with Crippen molar-refractivity contribution in [2.24, 2.45) is 11.8 Å². The molecule has 0 aliphatic carbocycles. The summed E-state index contributed by atoms with van der Waals surface area (Å²) < 4.78 is 11.5. The molecule has 4 heteroatoms. The molecule has 3 heterocycles. The number of carbonyl (C=O) groups excluding carboxylic acids is 1. The van der Waals surface area contributed by atoms with Crippen LogP contribution in [0.2, 0.25) is 0 Å². The van der Waals surface area contributed by atoms with Gasteiger partial charge in [0.25, 0.3) is 0 Å². The third-order valence-electron chi connectivity index (χ3n) is 5.15. The largest absolute Gasteiger partial charge is 0.458 e. The fraction of sp³-hybridized carbons (Fsp3) is 0.800. The standard InChI is InChI=1S/C15H22O4/c1-8-6-12-10(9(2)14(17)18-12)4-5-15(3)13(16)7-11(8)19-15/h6,9-13,16H,4-5,7H2,1-3H3/t9-,10-,11+,12-,13-,15+/m1/s1. The molecule has 2 bridgehead atoms. The van der Waals surface area contributed by atoms with Crippen LogP contribution in [0.5, 0.6) is 0 Å². The van der Waals surface area contributed by atoms with Crippen LogP contribution in [0.4, 0.5) is 0 Å². The number of ether oxygens (including phenoxy) is 2. The monoisotopic (exact) mass is 266 g/mol. The van der Waals surface area contributed by atoms with Crippen LogP contribution in [0, 0.1) is 11.8 Å². The first-order valence-corrected chi connectivity index (χ1v) is 7.15. The van der Waals surface area contributed by atoms with Crippen molar-refractivity contribution >= 4 is 5.97 Å². The van der Waals surface area contributed by atoms with Crippen LogP contribution in [0.15, 0.2) is 11.6 Å². The molecule has 2 saturated heterocycles. The molecule has 0 unspecified atom stereocenters. The lowest BCUT2D eigenvalue weighted by Gasteiger charge is -2.29. The summed E-state index contributed by atoms with van der Waals surface area (Å²) in [4.78, 5) is 11.7. The Hall–Kier alpha value is -0.870. The Balaban J connectivity index is 1.93. The fourth-order valence-corrected chi connectivity index (χ4v) is 3.59. The van der Waals surface area contributed by atoms with Crippen LogP contribution in [0.3, 0.4) is 0 Å². The van der Waals surface area contributed by atoms with E-state index in [4.69, 9.17) is 9.47 Å². The van der Waals surface area contributed by atoms with E-state index in [2.05, 4.69) is 0 Å². The average Bonchev–Trinajstić information content (AvgIpc) is 2.79. The normalized spacial score (nSPS) is 49.8. The van der Waals surface area contributed by atoms with Crippen LogP contribution in [-0.2, 0) is 14.3 Å². The van der Waals surface area contributed by atoms with E-state index >= 15 is 0 Å². The minimum absolute atomic E-state index is 0.0478. The van der Waals surface area contributed by atoms with Crippen molar-refractivity contribution in [3.8, 4) is 0 Å². The van der Waals surface area contributed by atoms with Gasteiger partial charge in [0.15, 0.2) is 0 Å². The van der Waals surface area contributed by atoms with Gasteiger partial charge in [-0.2, -0.15) is 0 Å². The molecule has 0 aromatic heterocycles. The number of fused-ring (bicyclic) bond motifs is 3. The predicted octanol–water partition coefficient (Wildman–Crippen LogP) is 1.81. The summed E-state index contributed by atoms with van der Waals surface area (Å²) in [5.74, 6) is 0.0411. The minimum atomic E-state index is -0.486. The van der Waals surface area contributed by atoms with E-state index in [0.717, 1.165) is 18.4 Å². The maximum atomic E-state index is 11.7. The highest BCUT2D eigenvalue weighted by Crippen LogP contribution is 2.43. The van der Waals surface area contributed by atoms with E-state index in [1.807, 2.05) is 26.8 Å². The second kappa shape index (κ2) is 4.32. The molecule has 0 aromatic carbocycles. The highest BCUT2D eigenvalue weighted by atomic mass is 16.6. The molecule has 3 aliphatic heterocycles. The van der Waals surface area contributed by atoms with Crippen molar-refractivity contribution in [2.45, 2.75) is 63.9 Å². The van der Waals surface area contributed by atoms with Crippen LogP contribution in [0.1, 0.15) is 40.0 Å². The van der Waals surface area contributed by atoms with Crippen molar-refractivity contribution < 1.29 is 19.4 Å². The number of hydrogen-bond acceptors (Lipinski definition) is 4. The van der Waals surface area contributed by atoms with Gasteiger partial charge in [0.05, 0.1) is 23.7 Å². The van der Waals surface area contributed by atoms with Crippen LogP contribution in [0.25, 0.3) is 0 Å². The van der Waals surface area contributed by atoms with Crippen LogP contribution < -0.4 is 0 Å². The van der Waals surface area contributed by atoms with Gasteiger partial charge in [-0.25, -0.2) is 0 Å². The minimum Gasteiger partial charge on any atom is -0.458 e. The molecular weight excluding hydrogens is 244 g/mol. The Labute approximate surface area is 113 Å². The van der Waals surface area contributed by atoms with E-state index in [1.165, 1.54) is 0 Å². The van der Waals surface area contributed by atoms with Crippen LogP contribution >= 0.6 is 0 Å². The number of carbonyl (C=O) groups is 1. The van der Waals surface area contributed by atoms with Crippen molar-refractivity contribution in [3.05, 3.63) is 11.6 Å². The zero-order valence-corrected chi connectivity index (χ0v) is 11.8. The predicted molar refractivity (Wildman–Crippen MR) is 69.4 cm³/mol. The fourth-order valence-electron chi connectivity index (χ4n) is 3.59. The molecule has 0 saturated carbocycles. The zero-order chi connectivity index (χ0) is 13.8. The smallest absolute Gasteiger partial charge is 0.309 e. The Morgan fingerprint density at radius 3 is 2.95 bits per heavy atom. The molecule has 2 fully saturated rings. The quantitative estimate of drug-likeness (QED) is 0.536. The maximum Gasteiger partial charge on any atom is 0.309 e.